The maximum atomic E-state index is 13.2. The fourth-order valence-corrected chi connectivity index (χ4v) is 4.51. The van der Waals surface area contributed by atoms with Crippen molar-refractivity contribution in [3.63, 3.8) is 0 Å². The van der Waals surface area contributed by atoms with Crippen LogP contribution < -0.4 is 0 Å². The molecule has 4 nitrogen and oxygen atoms in total. The van der Waals surface area contributed by atoms with Gasteiger partial charge in [0.05, 0.1) is 12.2 Å². The van der Waals surface area contributed by atoms with Crippen molar-refractivity contribution in [3.05, 3.63) is 94.0 Å². The maximum Gasteiger partial charge on any atom is 0.338 e. The molecule has 144 valence electrons. The van der Waals surface area contributed by atoms with Gasteiger partial charge in [-0.3, -0.25) is 9.59 Å². The smallest absolute Gasteiger partial charge is 0.338 e. The molecule has 0 radical (unpaired) electrons. The second kappa shape index (κ2) is 7.68. The summed E-state index contributed by atoms with van der Waals surface area (Å²) in [5.41, 5.74) is 3.07. The second-order valence-corrected chi connectivity index (χ2v) is 7.77. The van der Waals surface area contributed by atoms with Crippen LogP contribution in [0.15, 0.2) is 70.5 Å². The third-order valence-electron chi connectivity index (χ3n) is 4.81. The van der Waals surface area contributed by atoms with Gasteiger partial charge in [0.15, 0.2) is 11.6 Å². The van der Waals surface area contributed by atoms with Gasteiger partial charge in [-0.15, -0.1) is 0 Å². The summed E-state index contributed by atoms with van der Waals surface area (Å²) in [6.45, 7) is 3.98. The van der Waals surface area contributed by atoms with Crippen molar-refractivity contribution in [1.82, 2.24) is 0 Å². The summed E-state index contributed by atoms with van der Waals surface area (Å²) in [7, 11) is 0. The summed E-state index contributed by atoms with van der Waals surface area (Å²) in [5, 5.41) is 0. The fourth-order valence-electron chi connectivity index (χ4n) is 3.41. The summed E-state index contributed by atoms with van der Waals surface area (Å²) in [6.07, 6.45) is 0. The van der Waals surface area contributed by atoms with E-state index in [9.17, 15) is 14.4 Å². The fraction of sp³-hybridized carbons (Fsp3) is 0.125. The molecule has 29 heavy (non-hydrogen) atoms. The monoisotopic (exact) mass is 402 g/mol. The van der Waals surface area contributed by atoms with Crippen molar-refractivity contribution in [2.45, 2.75) is 23.6 Å². The van der Waals surface area contributed by atoms with Gasteiger partial charge in [0.2, 0.25) is 0 Å². The molecule has 0 bridgehead atoms. The van der Waals surface area contributed by atoms with E-state index in [4.69, 9.17) is 4.74 Å². The molecule has 0 aromatic heterocycles. The van der Waals surface area contributed by atoms with Gasteiger partial charge in [-0.2, -0.15) is 0 Å². The van der Waals surface area contributed by atoms with Crippen LogP contribution in [-0.2, 0) is 4.74 Å². The Balaban J connectivity index is 1.79. The van der Waals surface area contributed by atoms with Crippen molar-refractivity contribution >= 4 is 29.3 Å². The number of rotatable bonds is 4. The predicted molar refractivity (Wildman–Crippen MR) is 111 cm³/mol. The average molecular weight is 402 g/mol. The van der Waals surface area contributed by atoms with Gasteiger partial charge in [-0.1, -0.05) is 48.2 Å². The molecule has 0 N–H and O–H groups in total. The number of aryl methyl sites for hydroxylation is 1. The molecule has 4 rings (SSSR count). The van der Waals surface area contributed by atoms with Crippen molar-refractivity contribution in [2.75, 3.05) is 6.61 Å². The number of carbonyl (C=O) groups is 3. The van der Waals surface area contributed by atoms with E-state index in [0.717, 1.165) is 15.4 Å². The Morgan fingerprint density at radius 3 is 2.34 bits per heavy atom. The lowest BCUT2D eigenvalue weighted by molar-refractivity contribution is 0.0526. The van der Waals surface area contributed by atoms with Crippen LogP contribution in [-0.4, -0.2) is 24.1 Å². The summed E-state index contributed by atoms with van der Waals surface area (Å²) < 4.78 is 5.07. The number of ether oxygens (including phenoxy) is 1. The van der Waals surface area contributed by atoms with Gasteiger partial charge in [-0.25, -0.2) is 4.79 Å². The van der Waals surface area contributed by atoms with E-state index in [1.54, 1.807) is 55.5 Å². The minimum atomic E-state index is -0.387. The van der Waals surface area contributed by atoms with E-state index in [1.165, 1.54) is 11.8 Å². The first-order chi connectivity index (χ1) is 14.0. The van der Waals surface area contributed by atoms with Crippen LogP contribution in [0.4, 0.5) is 0 Å². The van der Waals surface area contributed by atoms with Crippen LogP contribution in [0, 0.1) is 6.92 Å². The Labute approximate surface area is 172 Å². The van der Waals surface area contributed by atoms with Crippen molar-refractivity contribution in [1.29, 1.82) is 0 Å². The zero-order valence-electron chi connectivity index (χ0n) is 16.0. The van der Waals surface area contributed by atoms with E-state index in [0.29, 0.717) is 34.4 Å². The normalized spacial score (nSPS) is 12.3. The highest BCUT2D eigenvalue weighted by atomic mass is 32.2. The molecule has 1 aliphatic rings. The van der Waals surface area contributed by atoms with Crippen LogP contribution in [0.1, 0.15) is 54.7 Å². The molecule has 0 fully saturated rings. The van der Waals surface area contributed by atoms with Crippen LogP contribution in [0.3, 0.4) is 0 Å². The van der Waals surface area contributed by atoms with Gasteiger partial charge >= 0.3 is 5.97 Å². The number of hydrogen-bond donors (Lipinski definition) is 0. The lowest BCUT2D eigenvalue weighted by atomic mass is 9.83. The number of benzene rings is 3. The minimum absolute atomic E-state index is 0.141. The molecule has 0 spiro atoms. The molecule has 3 aromatic carbocycles. The molecule has 0 aliphatic heterocycles. The number of hydrogen-bond acceptors (Lipinski definition) is 5. The molecule has 0 heterocycles. The van der Waals surface area contributed by atoms with Gasteiger partial charge in [0, 0.05) is 32.0 Å². The summed E-state index contributed by atoms with van der Waals surface area (Å²) in [4.78, 5) is 39.8. The molecule has 3 aromatic rings. The Bertz CT molecular complexity index is 1160. The van der Waals surface area contributed by atoms with Crippen molar-refractivity contribution in [2.24, 2.45) is 0 Å². The third kappa shape index (κ3) is 3.38. The van der Waals surface area contributed by atoms with E-state index in [1.807, 2.05) is 19.1 Å². The Kier molecular flexibility index (Phi) is 5.07. The van der Waals surface area contributed by atoms with Crippen LogP contribution in [0.25, 0.3) is 0 Å². The molecule has 0 atom stereocenters. The van der Waals surface area contributed by atoms with Crippen LogP contribution in [0.5, 0.6) is 0 Å². The molecule has 1 aliphatic carbocycles. The summed E-state index contributed by atoms with van der Waals surface area (Å²) >= 11 is 1.38. The number of fused-ring (bicyclic) bond motifs is 2. The Morgan fingerprint density at radius 2 is 1.62 bits per heavy atom. The predicted octanol–water partition coefficient (Wildman–Crippen LogP) is 5.10. The largest absolute Gasteiger partial charge is 0.462 e. The minimum Gasteiger partial charge on any atom is -0.462 e. The molecule has 0 saturated heterocycles. The SMILES string of the molecule is CCOC(=O)c1cccc(Sc2c(C)ccc3c2C(=O)c2ccccc2C3=O)c1. The van der Waals surface area contributed by atoms with Crippen LogP contribution >= 0.6 is 11.8 Å². The topological polar surface area (TPSA) is 60.4 Å². The van der Waals surface area contributed by atoms with Crippen molar-refractivity contribution < 1.29 is 19.1 Å². The van der Waals surface area contributed by atoms with Crippen molar-refractivity contribution in [3.8, 4) is 0 Å². The van der Waals surface area contributed by atoms with Gasteiger partial charge in [-0.05, 0) is 43.7 Å². The molecular weight excluding hydrogens is 384 g/mol. The highest BCUT2D eigenvalue weighted by Crippen LogP contribution is 2.39. The molecule has 0 amide bonds. The quantitative estimate of drug-likeness (QED) is 0.445. The molecular formula is C24H18O4S. The van der Waals surface area contributed by atoms with E-state index in [-0.39, 0.29) is 17.5 Å². The first kappa shape index (κ1) is 19.2. The maximum absolute atomic E-state index is 13.2. The van der Waals surface area contributed by atoms with Gasteiger partial charge in [0.25, 0.3) is 0 Å². The number of esters is 1. The molecule has 5 heteroatoms. The van der Waals surface area contributed by atoms with Gasteiger partial charge in [0.1, 0.15) is 0 Å². The Hall–Kier alpha value is -3.18. The second-order valence-electron chi connectivity index (χ2n) is 6.69. The highest BCUT2D eigenvalue weighted by Gasteiger charge is 2.32. The van der Waals surface area contributed by atoms with E-state index < -0.39 is 0 Å². The van der Waals surface area contributed by atoms with E-state index in [2.05, 4.69) is 0 Å². The highest BCUT2D eigenvalue weighted by molar-refractivity contribution is 7.99. The van der Waals surface area contributed by atoms with Gasteiger partial charge < -0.3 is 4.74 Å². The van der Waals surface area contributed by atoms with Crippen LogP contribution in [0.2, 0.25) is 0 Å². The molecule has 0 saturated carbocycles. The lowest BCUT2D eigenvalue weighted by Gasteiger charge is -2.21. The standard InChI is InChI=1S/C24H18O4S/c1-3-28-24(27)15-7-6-8-16(13-15)29-23-14(2)11-12-19-20(23)22(26)18-10-5-4-9-17(18)21(19)25/h4-13H,3H2,1-2H3. The zero-order valence-corrected chi connectivity index (χ0v) is 16.8. The summed E-state index contributed by atoms with van der Waals surface area (Å²) in [6, 6.07) is 17.6. The third-order valence-corrected chi connectivity index (χ3v) is 6.03. The molecule has 0 unspecified atom stereocenters. The Morgan fingerprint density at radius 1 is 0.897 bits per heavy atom. The summed E-state index contributed by atoms with van der Waals surface area (Å²) in [5.74, 6) is -0.679. The first-order valence-corrected chi connectivity index (χ1v) is 10.1. The number of ketones is 2. The lowest BCUT2D eigenvalue weighted by Crippen LogP contribution is -2.22. The first-order valence-electron chi connectivity index (χ1n) is 9.28. The number of carbonyl (C=O) groups excluding carboxylic acids is 3. The zero-order chi connectivity index (χ0) is 20.5. The van der Waals surface area contributed by atoms with E-state index >= 15 is 0 Å². The average Bonchev–Trinajstić information content (AvgIpc) is 2.74.